The average molecular weight is 452 g/mol. The first-order valence-corrected chi connectivity index (χ1v) is 10.9. The molecule has 1 amide bonds. The minimum atomic E-state index is -0.161. The summed E-state index contributed by atoms with van der Waals surface area (Å²) in [6, 6.07) is 13.6. The maximum Gasteiger partial charge on any atom is 0.240 e. The summed E-state index contributed by atoms with van der Waals surface area (Å²) in [6.45, 7) is 4.46. The van der Waals surface area contributed by atoms with Crippen LogP contribution in [0.4, 0.5) is 0 Å². The zero-order valence-electron chi connectivity index (χ0n) is 17.1. The van der Waals surface area contributed by atoms with Gasteiger partial charge in [0.1, 0.15) is 12.3 Å². The van der Waals surface area contributed by atoms with Crippen molar-refractivity contribution in [3.05, 3.63) is 75.5 Å². The van der Waals surface area contributed by atoms with Crippen LogP contribution in [0.15, 0.2) is 54.0 Å². The molecule has 0 bridgehead atoms. The number of benzene rings is 1. The fourth-order valence-electron chi connectivity index (χ4n) is 2.96. The number of nitrogens with zero attached hydrogens (tertiary/aromatic N) is 3. The predicted molar refractivity (Wildman–Crippen MR) is 123 cm³/mol. The van der Waals surface area contributed by atoms with Crippen molar-refractivity contribution >= 4 is 29.5 Å². The molecule has 0 atom stereocenters. The van der Waals surface area contributed by atoms with Crippen LogP contribution in [0, 0.1) is 18.6 Å². The lowest BCUT2D eigenvalue weighted by molar-refractivity contribution is -0.121. The van der Waals surface area contributed by atoms with E-state index in [0.717, 1.165) is 27.3 Å². The van der Waals surface area contributed by atoms with Crippen LogP contribution in [0.1, 0.15) is 16.7 Å². The number of hydrogen-bond acceptors (Lipinski definition) is 6. The van der Waals surface area contributed by atoms with Gasteiger partial charge in [-0.2, -0.15) is 5.10 Å². The number of nitrogens with one attached hydrogen (secondary N) is 2. The SMILES string of the molecule is Cc1ccc(C)c(Oc2ccc(CNC(=O)Cn3c(-c4cccs4)n[nH]c3=S)cn2)c1. The molecular formula is C22H21N5O2S2. The molecule has 158 valence electrons. The fourth-order valence-corrected chi connectivity index (χ4v) is 3.88. The van der Waals surface area contributed by atoms with E-state index in [1.807, 2.05) is 55.6 Å². The van der Waals surface area contributed by atoms with Gasteiger partial charge in [0.2, 0.25) is 11.8 Å². The van der Waals surface area contributed by atoms with Gasteiger partial charge >= 0.3 is 0 Å². The summed E-state index contributed by atoms with van der Waals surface area (Å²) in [7, 11) is 0. The highest BCUT2D eigenvalue weighted by Gasteiger charge is 2.13. The standard InChI is InChI=1S/C22H21N5O2S2/c1-14-5-6-15(2)17(10-14)29-20-8-7-16(12-24-20)11-23-19(28)13-27-21(25-26-22(27)30)18-4-3-9-31-18/h3-10,12H,11,13H2,1-2H3,(H,23,28)(H,26,30). The third-order valence-corrected chi connectivity index (χ3v) is 5.82. The monoisotopic (exact) mass is 451 g/mol. The van der Waals surface area contributed by atoms with E-state index >= 15 is 0 Å². The van der Waals surface area contributed by atoms with Crippen LogP contribution in [-0.2, 0) is 17.9 Å². The van der Waals surface area contributed by atoms with Crippen molar-refractivity contribution < 1.29 is 9.53 Å². The van der Waals surface area contributed by atoms with Crippen LogP contribution in [0.5, 0.6) is 11.6 Å². The van der Waals surface area contributed by atoms with Gasteiger partial charge < -0.3 is 10.1 Å². The van der Waals surface area contributed by atoms with E-state index in [2.05, 4.69) is 20.5 Å². The average Bonchev–Trinajstić information content (AvgIpc) is 3.41. The Morgan fingerprint density at radius 3 is 2.87 bits per heavy atom. The molecule has 0 aliphatic rings. The molecule has 7 nitrogen and oxygen atoms in total. The third-order valence-electron chi connectivity index (χ3n) is 4.65. The van der Waals surface area contributed by atoms with Crippen LogP contribution in [0.25, 0.3) is 10.7 Å². The Morgan fingerprint density at radius 1 is 1.26 bits per heavy atom. The first-order valence-electron chi connectivity index (χ1n) is 9.65. The minimum absolute atomic E-state index is 0.0871. The highest BCUT2D eigenvalue weighted by atomic mass is 32.1. The molecule has 1 aromatic carbocycles. The molecule has 0 fully saturated rings. The van der Waals surface area contributed by atoms with Crippen LogP contribution in [0.3, 0.4) is 0 Å². The smallest absolute Gasteiger partial charge is 0.240 e. The second kappa shape index (κ2) is 9.23. The lowest BCUT2D eigenvalue weighted by atomic mass is 10.1. The van der Waals surface area contributed by atoms with E-state index in [1.54, 1.807) is 28.2 Å². The van der Waals surface area contributed by atoms with Gasteiger partial charge in [-0.05, 0) is 60.3 Å². The molecule has 0 saturated heterocycles. The number of H-pyrrole nitrogens is 1. The van der Waals surface area contributed by atoms with Gasteiger partial charge in [-0.3, -0.25) is 14.5 Å². The number of carbonyl (C=O) groups is 1. The fraction of sp³-hybridized carbons (Fsp3) is 0.182. The van der Waals surface area contributed by atoms with Crippen LogP contribution >= 0.6 is 23.6 Å². The summed E-state index contributed by atoms with van der Waals surface area (Å²) in [5.41, 5.74) is 3.04. The molecule has 2 N–H and O–H groups in total. The Bertz CT molecular complexity index is 1240. The molecule has 3 aromatic heterocycles. The zero-order chi connectivity index (χ0) is 21.8. The van der Waals surface area contributed by atoms with Crippen molar-refractivity contribution in [2.45, 2.75) is 26.9 Å². The van der Waals surface area contributed by atoms with Crippen molar-refractivity contribution in [2.24, 2.45) is 0 Å². The molecule has 0 saturated carbocycles. The Hall–Kier alpha value is -3.30. The van der Waals surface area contributed by atoms with Gasteiger partial charge in [0.25, 0.3) is 0 Å². The number of amides is 1. The normalized spacial score (nSPS) is 10.8. The molecule has 0 aliphatic carbocycles. The zero-order valence-corrected chi connectivity index (χ0v) is 18.7. The third kappa shape index (κ3) is 5.07. The molecule has 31 heavy (non-hydrogen) atoms. The van der Waals surface area contributed by atoms with Crippen molar-refractivity contribution in [3.63, 3.8) is 0 Å². The Morgan fingerprint density at radius 2 is 2.13 bits per heavy atom. The van der Waals surface area contributed by atoms with Crippen LogP contribution in [-0.4, -0.2) is 25.7 Å². The molecule has 0 spiro atoms. The van der Waals surface area contributed by atoms with Gasteiger partial charge in [-0.1, -0.05) is 24.3 Å². The van der Waals surface area contributed by atoms with Gasteiger partial charge in [-0.25, -0.2) is 4.98 Å². The molecular weight excluding hydrogens is 430 g/mol. The second-order valence-corrected chi connectivity index (χ2v) is 8.40. The van der Waals surface area contributed by atoms with Gasteiger partial charge in [0.15, 0.2) is 10.6 Å². The summed E-state index contributed by atoms with van der Waals surface area (Å²) in [6.07, 6.45) is 1.70. The first kappa shape index (κ1) is 21.0. The van der Waals surface area contributed by atoms with E-state index in [1.165, 1.54) is 0 Å². The molecule has 4 aromatic rings. The molecule has 0 aliphatic heterocycles. The van der Waals surface area contributed by atoms with E-state index in [0.29, 0.717) is 23.0 Å². The number of pyridine rings is 1. The number of ether oxygens (including phenoxy) is 1. The van der Waals surface area contributed by atoms with E-state index in [9.17, 15) is 4.79 Å². The Labute approximate surface area is 188 Å². The predicted octanol–water partition coefficient (Wildman–Crippen LogP) is 4.79. The highest BCUT2D eigenvalue weighted by molar-refractivity contribution is 7.71. The summed E-state index contributed by atoms with van der Waals surface area (Å²) in [4.78, 5) is 17.8. The number of aromatic amines is 1. The number of thiophene rings is 1. The van der Waals surface area contributed by atoms with Crippen molar-refractivity contribution in [2.75, 3.05) is 0 Å². The highest BCUT2D eigenvalue weighted by Crippen LogP contribution is 2.25. The first-order chi connectivity index (χ1) is 15.0. The number of carbonyl (C=O) groups excluding carboxylic acids is 1. The summed E-state index contributed by atoms with van der Waals surface area (Å²) >= 11 is 6.82. The largest absolute Gasteiger partial charge is 0.439 e. The topological polar surface area (TPSA) is 84.8 Å². The summed E-state index contributed by atoms with van der Waals surface area (Å²) in [5, 5.41) is 11.8. The van der Waals surface area contributed by atoms with Crippen LogP contribution in [0.2, 0.25) is 0 Å². The van der Waals surface area contributed by atoms with E-state index in [-0.39, 0.29) is 12.5 Å². The van der Waals surface area contributed by atoms with Crippen molar-refractivity contribution in [3.8, 4) is 22.3 Å². The van der Waals surface area contributed by atoms with E-state index < -0.39 is 0 Å². The maximum absolute atomic E-state index is 12.5. The van der Waals surface area contributed by atoms with Gasteiger partial charge in [-0.15, -0.1) is 11.3 Å². The Balaban J connectivity index is 1.36. The van der Waals surface area contributed by atoms with Gasteiger partial charge in [0, 0.05) is 18.8 Å². The lowest BCUT2D eigenvalue weighted by Crippen LogP contribution is -2.27. The minimum Gasteiger partial charge on any atom is -0.439 e. The quantitative estimate of drug-likeness (QED) is 0.395. The van der Waals surface area contributed by atoms with Crippen molar-refractivity contribution in [1.82, 2.24) is 25.1 Å². The molecule has 4 rings (SSSR count). The number of rotatable bonds is 7. The Kier molecular flexibility index (Phi) is 6.24. The number of hydrogen-bond donors (Lipinski definition) is 2. The number of aromatic nitrogens is 4. The summed E-state index contributed by atoms with van der Waals surface area (Å²) < 4.78 is 7.98. The summed E-state index contributed by atoms with van der Waals surface area (Å²) in [5.74, 6) is 1.79. The van der Waals surface area contributed by atoms with E-state index in [4.69, 9.17) is 17.0 Å². The molecule has 0 radical (unpaired) electrons. The van der Waals surface area contributed by atoms with Crippen LogP contribution < -0.4 is 10.1 Å². The second-order valence-electron chi connectivity index (χ2n) is 7.07. The molecule has 0 unspecified atom stereocenters. The lowest BCUT2D eigenvalue weighted by Gasteiger charge is -2.10. The molecule has 9 heteroatoms. The number of aryl methyl sites for hydroxylation is 2. The van der Waals surface area contributed by atoms with Crippen molar-refractivity contribution in [1.29, 1.82) is 0 Å². The van der Waals surface area contributed by atoms with Gasteiger partial charge in [0.05, 0.1) is 4.88 Å². The maximum atomic E-state index is 12.5. The molecule has 3 heterocycles.